The summed E-state index contributed by atoms with van der Waals surface area (Å²) >= 11 is 0. The van der Waals surface area contributed by atoms with Gasteiger partial charge in [0.15, 0.2) is 0 Å². The molecular formula is C16H27NO4. The monoisotopic (exact) mass is 297 g/mol. The predicted molar refractivity (Wildman–Crippen MR) is 79.1 cm³/mol. The number of rotatable bonds is 3. The number of carboxylic acid groups (broad SMARTS) is 1. The van der Waals surface area contributed by atoms with E-state index in [1.807, 2.05) is 20.8 Å². The number of hydrogen-bond acceptors (Lipinski definition) is 3. The predicted octanol–water partition coefficient (Wildman–Crippen LogP) is 3.47. The Kier molecular flexibility index (Phi) is 4.22. The third kappa shape index (κ3) is 3.33. The van der Waals surface area contributed by atoms with Crippen LogP contribution in [0, 0.1) is 5.41 Å². The van der Waals surface area contributed by atoms with Crippen LogP contribution < -0.4 is 5.32 Å². The van der Waals surface area contributed by atoms with Gasteiger partial charge in [-0.25, -0.2) is 4.79 Å². The zero-order chi connectivity index (χ0) is 15.7. The van der Waals surface area contributed by atoms with Crippen LogP contribution in [0.5, 0.6) is 0 Å². The normalized spacial score (nSPS) is 27.8. The average Bonchev–Trinajstić information content (AvgIpc) is 2.86. The molecule has 1 spiro atoms. The summed E-state index contributed by atoms with van der Waals surface area (Å²) in [6.07, 6.45) is 6.49. The molecule has 2 aliphatic carbocycles. The first-order valence-corrected chi connectivity index (χ1v) is 7.91. The van der Waals surface area contributed by atoms with E-state index >= 15 is 0 Å². The fourth-order valence-electron chi connectivity index (χ4n) is 4.29. The van der Waals surface area contributed by atoms with Crippen molar-refractivity contribution in [2.45, 2.75) is 83.3 Å². The van der Waals surface area contributed by atoms with Crippen molar-refractivity contribution in [3.8, 4) is 0 Å². The fraction of sp³-hybridized carbons (Fsp3) is 0.875. The molecule has 0 aromatic carbocycles. The van der Waals surface area contributed by atoms with Gasteiger partial charge in [-0.2, -0.15) is 0 Å². The zero-order valence-electron chi connectivity index (χ0n) is 13.3. The maximum absolute atomic E-state index is 12.2. The van der Waals surface area contributed by atoms with Gasteiger partial charge in [0.1, 0.15) is 5.60 Å². The molecule has 0 aromatic rings. The second kappa shape index (κ2) is 5.50. The number of amides is 1. The summed E-state index contributed by atoms with van der Waals surface area (Å²) in [6, 6.07) is 0. The van der Waals surface area contributed by atoms with Gasteiger partial charge in [-0.05, 0) is 51.9 Å². The number of hydrogen-bond donors (Lipinski definition) is 2. The maximum atomic E-state index is 12.2. The highest BCUT2D eigenvalue weighted by Gasteiger charge is 2.57. The molecule has 0 bridgehead atoms. The molecule has 2 rings (SSSR count). The summed E-state index contributed by atoms with van der Waals surface area (Å²) in [7, 11) is 0. The highest BCUT2D eigenvalue weighted by atomic mass is 16.6. The SMILES string of the molecule is CC(C)(C)OC(=O)NC1(CC(=O)O)CCCC12CCCC2. The van der Waals surface area contributed by atoms with Crippen LogP contribution in [0.15, 0.2) is 0 Å². The highest BCUT2D eigenvalue weighted by molar-refractivity contribution is 5.73. The molecule has 120 valence electrons. The standard InChI is InChI=1S/C16H27NO4/c1-14(2,3)21-13(20)17-16(11-12(18)19)10-6-9-15(16)7-4-5-8-15/h4-11H2,1-3H3,(H,17,20)(H,18,19). The van der Waals surface area contributed by atoms with Gasteiger partial charge >= 0.3 is 12.1 Å². The Balaban J connectivity index is 2.21. The number of carbonyl (C=O) groups is 2. The first-order chi connectivity index (χ1) is 9.68. The Morgan fingerprint density at radius 2 is 1.67 bits per heavy atom. The summed E-state index contributed by atoms with van der Waals surface area (Å²) in [5, 5.41) is 12.3. The summed E-state index contributed by atoms with van der Waals surface area (Å²) in [4.78, 5) is 23.6. The largest absolute Gasteiger partial charge is 0.481 e. The van der Waals surface area contributed by atoms with Crippen LogP contribution in [-0.2, 0) is 9.53 Å². The van der Waals surface area contributed by atoms with E-state index in [1.165, 1.54) is 0 Å². The molecule has 0 saturated heterocycles. The van der Waals surface area contributed by atoms with Gasteiger partial charge in [0, 0.05) is 0 Å². The first-order valence-electron chi connectivity index (χ1n) is 7.91. The zero-order valence-corrected chi connectivity index (χ0v) is 13.3. The second-order valence-electron chi connectivity index (χ2n) is 7.62. The van der Waals surface area contributed by atoms with Crippen LogP contribution in [0.25, 0.3) is 0 Å². The van der Waals surface area contributed by atoms with E-state index in [4.69, 9.17) is 4.74 Å². The Morgan fingerprint density at radius 1 is 1.10 bits per heavy atom. The van der Waals surface area contributed by atoms with Crippen LogP contribution in [0.4, 0.5) is 4.79 Å². The van der Waals surface area contributed by atoms with Gasteiger partial charge in [0.2, 0.25) is 0 Å². The van der Waals surface area contributed by atoms with Crippen molar-refractivity contribution in [1.29, 1.82) is 0 Å². The van der Waals surface area contributed by atoms with Gasteiger partial charge in [0.25, 0.3) is 0 Å². The summed E-state index contributed by atoms with van der Waals surface area (Å²) in [5.74, 6) is -0.848. The van der Waals surface area contributed by atoms with E-state index < -0.39 is 23.2 Å². The Hall–Kier alpha value is -1.26. The van der Waals surface area contributed by atoms with Crippen LogP contribution >= 0.6 is 0 Å². The van der Waals surface area contributed by atoms with E-state index in [2.05, 4.69) is 5.32 Å². The second-order valence-corrected chi connectivity index (χ2v) is 7.62. The minimum Gasteiger partial charge on any atom is -0.481 e. The molecule has 2 N–H and O–H groups in total. The third-order valence-electron chi connectivity index (χ3n) is 5.03. The minimum atomic E-state index is -0.848. The summed E-state index contributed by atoms with van der Waals surface area (Å²) in [6.45, 7) is 5.45. The average molecular weight is 297 g/mol. The number of ether oxygens (including phenoxy) is 1. The Bertz CT molecular complexity index is 415. The highest BCUT2D eigenvalue weighted by Crippen LogP contribution is 2.57. The van der Waals surface area contributed by atoms with E-state index in [-0.39, 0.29) is 11.8 Å². The van der Waals surface area contributed by atoms with Crippen LogP contribution in [-0.4, -0.2) is 28.3 Å². The number of aliphatic carboxylic acids is 1. The Labute approximate surface area is 126 Å². The van der Waals surface area contributed by atoms with Crippen LogP contribution in [0.3, 0.4) is 0 Å². The lowest BCUT2D eigenvalue weighted by atomic mass is 9.68. The van der Waals surface area contributed by atoms with Crippen molar-refractivity contribution in [2.24, 2.45) is 5.41 Å². The molecule has 0 radical (unpaired) electrons. The molecule has 2 saturated carbocycles. The van der Waals surface area contributed by atoms with E-state index in [1.54, 1.807) is 0 Å². The smallest absolute Gasteiger partial charge is 0.408 e. The molecule has 5 heteroatoms. The van der Waals surface area contributed by atoms with Crippen LogP contribution in [0.2, 0.25) is 0 Å². The molecule has 1 unspecified atom stereocenters. The summed E-state index contributed by atoms with van der Waals surface area (Å²) in [5.41, 5.74) is -1.27. The molecule has 2 fully saturated rings. The Morgan fingerprint density at radius 3 is 2.19 bits per heavy atom. The third-order valence-corrected chi connectivity index (χ3v) is 5.03. The number of nitrogens with one attached hydrogen (secondary N) is 1. The van der Waals surface area contributed by atoms with Crippen molar-refractivity contribution in [2.75, 3.05) is 0 Å². The lowest BCUT2D eigenvalue weighted by Crippen LogP contribution is -2.58. The van der Waals surface area contributed by atoms with E-state index in [0.29, 0.717) is 0 Å². The molecule has 21 heavy (non-hydrogen) atoms. The van der Waals surface area contributed by atoms with Crippen molar-refractivity contribution in [3.63, 3.8) is 0 Å². The fourth-order valence-corrected chi connectivity index (χ4v) is 4.29. The quantitative estimate of drug-likeness (QED) is 0.836. The molecule has 1 atom stereocenters. The van der Waals surface area contributed by atoms with Gasteiger partial charge in [-0.15, -0.1) is 0 Å². The van der Waals surface area contributed by atoms with Gasteiger partial charge < -0.3 is 15.2 Å². The number of alkyl carbamates (subject to hydrolysis) is 1. The maximum Gasteiger partial charge on any atom is 0.408 e. The first kappa shape index (κ1) is 16.1. The molecule has 0 aliphatic heterocycles. The van der Waals surface area contributed by atoms with Gasteiger partial charge in [-0.3, -0.25) is 4.79 Å². The number of carbonyl (C=O) groups excluding carboxylic acids is 1. The number of carboxylic acids is 1. The van der Waals surface area contributed by atoms with Crippen molar-refractivity contribution in [1.82, 2.24) is 5.32 Å². The lowest BCUT2D eigenvalue weighted by Gasteiger charge is -2.44. The molecule has 5 nitrogen and oxygen atoms in total. The molecule has 2 aliphatic rings. The molecule has 0 aromatic heterocycles. The van der Waals surface area contributed by atoms with Gasteiger partial charge in [0.05, 0.1) is 12.0 Å². The summed E-state index contributed by atoms with van der Waals surface area (Å²) < 4.78 is 5.37. The molecular weight excluding hydrogens is 270 g/mol. The molecule has 0 heterocycles. The van der Waals surface area contributed by atoms with Gasteiger partial charge in [-0.1, -0.05) is 19.3 Å². The lowest BCUT2D eigenvalue weighted by molar-refractivity contribution is -0.140. The van der Waals surface area contributed by atoms with Crippen molar-refractivity contribution >= 4 is 12.1 Å². The van der Waals surface area contributed by atoms with Crippen LogP contribution in [0.1, 0.15) is 72.1 Å². The van der Waals surface area contributed by atoms with E-state index in [0.717, 1.165) is 44.9 Å². The van der Waals surface area contributed by atoms with Crippen molar-refractivity contribution in [3.05, 3.63) is 0 Å². The van der Waals surface area contributed by atoms with E-state index in [9.17, 15) is 14.7 Å². The van der Waals surface area contributed by atoms with Crippen molar-refractivity contribution < 1.29 is 19.4 Å². The minimum absolute atomic E-state index is 0.00770. The molecule has 1 amide bonds. The topological polar surface area (TPSA) is 75.6 Å².